The Labute approximate surface area is 125 Å². The summed E-state index contributed by atoms with van der Waals surface area (Å²) in [6.07, 6.45) is 4.92. The molecule has 1 aromatic heterocycles. The molecule has 2 rings (SSSR count). The van der Waals surface area contributed by atoms with E-state index >= 15 is 0 Å². The fourth-order valence-electron chi connectivity index (χ4n) is 2.52. The van der Waals surface area contributed by atoms with Gasteiger partial charge in [-0.15, -0.1) is 11.3 Å². The molecule has 1 fully saturated rings. The molecule has 0 saturated carbocycles. The largest absolute Gasteiger partial charge is 0.396 e. The molecule has 1 saturated heterocycles. The van der Waals surface area contributed by atoms with Crippen molar-refractivity contribution < 1.29 is 9.84 Å². The summed E-state index contributed by atoms with van der Waals surface area (Å²) >= 11 is 1.79. The highest BCUT2D eigenvalue weighted by Gasteiger charge is 2.31. The van der Waals surface area contributed by atoms with Crippen molar-refractivity contribution in [2.75, 3.05) is 26.4 Å². The van der Waals surface area contributed by atoms with Crippen LogP contribution >= 0.6 is 11.3 Å². The van der Waals surface area contributed by atoms with Gasteiger partial charge in [-0.1, -0.05) is 13.8 Å². The van der Waals surface area contributed by atoms with Gasteiger partial charge in [0.15, 0.2) is 0 Å². The van der Waals surface area contributed by atoms with Gasteiger partial charge in [-0.25, -0.2) is 4.98 Å². The van der Waals surface area contributed by atoms with Gasteiger partial charge in [0.05, 0.1) is 11.6 Å². The predicted octanol–water partition coefficient (Wildman–Crippen LogP) is 2.22. The summed E-state index contributed by atoms with van der Waals surface area (Å²) in [6.45, 7) is 7.90. The number of aliphatic hydroxyl groups excluding tert-OH is 1. The molecule has 0 aliphatic carbocycles. The SMILES string of the molecule is CC(C)Cc1ncc(CNCC2(CO)CCOCC2)s1. The first-order chi connectivity index (χ1) is 9.63. The molecule has 20 heavy (non-hydrogen) atoms. The third-order valence-corrected chi connectivity index (χ3v) is 4.89. The van der Waals surface area contributed by atoms with Crippen LogP contribution < -0.4 is 5.32 Å². The molecule has 0 atom stereocenters. The Hall–Kier alpha value is -0.490. The standard InChI is InChI=1S/C15H26N2O2S/c1-12(2)7-14-17-9-13(20-14)8-16-10-15(11-18)3-5-19-6-4-15/h9,12,16,18H,3-8,10-11H2,1-2H3. The lowest BCUT2D eigenvalue weighted by molar-refractivity contribution is -0.0153. The van der Waals surface area contributed by atoms with Gasteiger partial charge in [-0.05, 0) is 18.8 Å². The lowest BCUT2D eigenvalue weighted by atomic mass is 9.81. The summed E-state index contributed by atoms with van der Waals surface area (Å²) in [5.41, 5.74) is 0.00367. The van der Waals surface area contributed by atoms with Gasteiger partial charge in [0, 0.05) is 49.2 Å². The van der Waals surface area contributed by atoms with Crippen molar-refractivity contribution in [1.82, 2.24) is 10.3 Å². The van der Waals surface area contributed by atoms with Crippen molar-refractivity contribution in [2.45, 2.75) is 39.7 Å². The van der Waals surface area contributed by atoms with Gasteiger partial charge in [0.25, 0.3) is 0 Å². The molecule has 0 aromatic carbocycles. The molecule has 5 heteroatoms. The third kappa shape index (κ3) is 4.52. The van der Waals surface area contributed by atoms with Crippen LogP contribution in [0.3, 0.4) is 0 Å². The van der Waals surface area contributed by atoms with Crippen LogP contribution in [0, 0.1) is 11.3 Å². The van der Waals surface area contributed by atoms with Crippen molar-refractivity contribution >= 4 is 11.3 Å². The van der Waals surface area contributed by atoms with Gasteiger partial charge in [0.1, 0.15) is 0 Å². The van der Waals surface area contributed by atoms with Gasteiger partial charge < -0.3 is 15.2 Å². The number of ether oxygens (including phenoxy) is 1. The van der Waals surface area contributed by atoms with Gasteiger partial charge >= 0.3 is 0 Å². The second kappa shape index (κ2) is 7.50. The Balaban J connectivity index is 1.78. The Bertz CT molecular complexity index is 400. The van der Waals surface area contributed by atoms with E-state index in [9.17, 15) is 5.11 Å². The maximum atomic E-state index is 9.64. The summed E-state index contributed by atoms with van der Waals surface area (Å²) in [6, 6.07) is 0. The molecule has 0 spiro atoms. The number of aromatic nitrogens is 1. The average molecular weight is 298 g/mol. The fourth-order valence-corrected chi connectivity index (χ4v) is 3.62. The van der Waals surface area contributed by atoms with Crippen molar-refractivity contribution in [1.29, 1.82) is 0 Å². The minimum Gasteiger partial charge on any atom is -0.396 e. The van der Waals surface area contributed by atoms with E-state index in [0.29, 0.717) is 5.92 Å². The highest BCUT2D eigenvalue weighted by Crippen LogP contribution is 2.29. The van der Waals surface area contributed by atoms with E-state index in [1.165, 1.54) is 9.88 Å². The Kier molecular flexibility index (Phi) is 5.96. The molecule has 2 N–H and O–H groups in total. The van der Waals surface area contributed by atoms with Gasteiger partial charge in [0.2, 0.25) is 0 Å². The predicted molar refractivity (Wildman–Crippen MR) is 81.9 cm³/mol. The maximum absolute atomic E-state index is 9.64. The second-order valence-corrected chi connectivity index (χ2v) is 7.39. The zero-order valence-corrected chi connectivity index (χ0v) is 13.3. The van der Waals surface area contributed by atoms with Crippen molar-refractivity contribution in [3.8, 4) is 0 Å². The normalized spacial score (nSPS) is 18.6. The van der Waals surface area contributed by atoms with Crippen LogP contribution in [0.2, 0.25) is 0 Å². The number of thiazole rings is 1. The van der Waals surface area contributed by atoms with Gasteiger partial charge in [-0.3, -0.25) is 0 Å². The smallest absolute Gasteiger partial charge is 0.0930 e. The molecule has 4 nitrogen and oxygen atoms in total. The molecular weight excluding hydrogens is 272 g/mol. The Morgan fingerprint density at radius 1 is 1.45 bits per heavy atom. The number of hydrogen-bond donors (Lipinski definition) is 2. The molecule has 1 aliphatic heterocycles. The molecule has 1 aromatic rings. The second-order valence-electron chi connectivity index (χ2n) is 6.19. The molecule has 0 amide bonds. The van der Waals surface area contributed by atoms with Crippen LogP contribution in [-0.4, -0.2) is 36.5 Å². The van der Waals surface area contributed by atoms with E-state index in [4.69, 9.17) is 4.74 Å². The summed E-state index contributed by atoms with van der Waals surface area (Å²) < 4.78 is 5.38. The number of aliphatic hydroxyl groups is 1. The quantitative estimate of drug-likeness (QED) is 0.810. The third-order valence-electron chi connectivity index (χ3n) is 3.87. The van der Waals surface area contributed by atoms with E-state index in [2.05, 4.69) is 24.1 Å². The monoisotopic (exact) mass is 298 g/mol. The van der Waals surface area contributed by atoms with E-state index in [0.717, 1.165) is 45.6 Å². The first-order valence-electron chi connectivity index (χ1n) is 7.46. The summed E-state index contributed by atoms with van der Waals surface area (Å²) in [5.74, 6) is 0.654. The molecule has 2 heterocycles. The van der Waals surface area contributed by atoms with E-state index in [1.54, 1.807) is 11.3 Å². The van der Waals surface area contributed by atoms with Crippen molar-refractivity contribution in [3.05, 3.63) is 16.1 Å². The highest BCUT2D eigenvalue weighted by molar-refractivity contribution is 7.11. The molecule has 0 bridgehead atoms. The average Bonchev–Trinajstić information content (AvgIpc) is 2.86. The van der Waals surface area contributed by atoms with E-state index < -0.39 is 0 Å². The van der Waals surface area contributed by atoms with Crippen LogP contribution in [-0.2, 0) is 17.7 Å². The van der Waals surface area contributed by atoms with Crippen LogP contribution in [0.15, 0.2) is 6.20 Å². The topological polar surface area (TPSA) is 54.4 Å². The number of nitrogens with one attached hydrogen (secondary N) is 1. The number of nitrogens with zero attached hydrogens (tertiary/aromatic N) is 1. The van der Waals surface area contributed by atoms with Gasteiger partial charge in [-0.2, -0.15) is 0 Å². The minimum absolute atomic E-state index is 0.00367. The van der Waals surface area contributed by atoms with E-state index in [-0.39, 0.29) is 12.0 Å². The Morgan fingerprint density at radius 3 is 2.85 bits per heavy atom. The van der Waals surface area contributed by atoms with Crippen molar-refractivity contribution in [3.63, 3.8) is 0 Å². The summed E-state index contributed by atoms with van der Waals surface area (Å²) in [5, 5.41) is 14.3. The van der Waals surface area contributed by atoms with Crippen LogP contribution in [0.25, 0.3) is 0 Å². The zero-order valence-electron chi connectivity index (χ0n) is 12.5. The zero-order chi connectivity index (χ0) is 14.4. The van der Waals surface area contributed by atoms with E-state index in [1.807, 2.05) is 6.20 Å². The molecule has 0 unspecified atom stereocenters. The minimum atomic E-state index is 0.00367. The molecule has 1 aliphatic rings. The number of hydrogen-bond acceptors (Lipinski definition) is 5. The summed E-state index contributed by atoms with van der Waals surface area (Å²) in [7, 11) is 0. The van der Waals surface area contributed by atoms with Crippen LogP contribution in [0.4, 0.5) is 0 Å². The lowest BCUT2D eigenvalue weighted by Gasteiger charge is -2.35. The lowest BCUT2D eigenvalue weighted by Crippen LogP contribution is -2.41. The number of rotatable bonds is 7. The van der Waals surface area contributed by atoms with Crippen molar-refractivity contribution in [2.24, 2.45) is 11.3 Å². The Morgan fingerprint density at radius 2 is 2.20 bits per heavy atom. The van der Waals surface area contributed by atoms with Crippen LogP contribution in [0.1, 0.15) is 36.6 Å². The summed E-state index contributed by atoms with van der Waals surface area (Å²) in [4.78, 5) is 5.75. The molecular formula is C15H26N2O2S. The molecule has 0 radical (unpaired) electrons. The first-order valence-corrected chi connectivity index (χ1v) is 8.28. The first kappa shape index (κ1) is 15.9. The van der Waals surface area contributed by atoms with Crippen LogP contribution in [0.5, 0.6) is 0 Å². The highest BCUT2D eigenvalue weighted by atomic mass is 32.1. The molecule has 114 valence electrons. The fraction of sp³-hybridized carbons (Fsp3) is 0.800. The maximum Gasteiger partial charge on any atom is 0.0930 e.